The quantitative estimate of drug-likeness (QED) is 0.799. The summed E-state index contributed by atoms with van der Waals surface area (Å²) in [5, 5.41) is 7.18. The first kappa shape index (κ1) is 13.0. The van der Waals surface area contributed by atoms with Crippen molar-refractivity contribution in [2.24, 2.45) is 0 Å². The summed E-state index contributed by atoms with van der Waals surface area (Å²) in [7, 11) is -3.11. The summed E-state index contributed by atoms with van der Waals surface area (Å²) < 4.78 is 29.2. The van der Waals surface area contributed by atoms with Crippen LogP contribution < -0.4 is 0 Å². The van der Waals surface area contributed by atoms with Crippen LogP contribution in [0.5, 0.6) is 0 Å². The van der Waals surface area contributed by atoms with Crippen molar-refractivity contribution < 1.29 is 12.8 Å². The highest BCUT2D eigenvalue weighted by molar-refractivity contribution is 9.09. The van der Waals surface area contributed by atoms with Crippen molar-refractivity contribution in [2.45, 2.75) is 42.7 Å². The van der Waals surface area contributed by atoms with Crippen molar-refractivity contribution in [1.29, 1.82) is 0 Å². The zero-order valence-electron chi connectivity index (χ0n) is 9.60. The molecule has 1 fully saturated rings. The van der Waals surface area contributed by atoms with E-state index < -0.39 is 15.1 Å². The summed E-state index contributed by atoms with van der Waals surface area (Å²) in [6, 6.07) is 0. The molecule has 5 nitrogen and oxygen atoms in total. The molecule has 1 aliphatic heterocycles. The van der Waals surface area contributed by atoms with Crippen LogP contribution in [-0.2, 0) is 9.84 Å². The van der Waals surface area contributed by atoms with Gasteiger partial charge < -0.3 is 4.42 Å². The molecule has 2 heterocycles. The maximum atomic E-state index is 11.9. The van der Waals surface area contributed by atoms with Crippen molar-refractivity contribution in [3.8, 4) is 0 Å². The largest absolute Gasteiger partial charge is 0.423 e. The van der Waals surface area contributed by atoms with Gasteiger partial charge in [-0.1, -0.05) is 29.3 Å². The summed E-state index contributed by atoms with van der Waals surface area (Å²) in [4.78, 5) is -0.00459. The zero-order valence-corrected chi connectivity index (χ0v) is 12.0. The predicted octanol–water partition coefficient (Wildman–Crippen LogP) is 2.56. The van der Waals surface area contributed by atoms with Crippen molar-refractivity contribution in [2.75, 3.05) is 5.75 Å². The van der Waals surface area contributed by atoms with E-state index in [-0.39, 0.29) is 16.5 Å². The van der Waals surface area contributed by atoms with Crippen LogP contribution in [0.3, 0.4) is 0 Å². The lowest BCUT2D eigenvalue weighted by molar-refractivity contribution is 0.421. The van der Waals surface area contributed by atoms with E-state index in [9.17, 15) is 8.42 Å². The number of nitrogens with zero attached hydrogens (tertiary/aromatic N) is 2. The Kier molecular flexibility index (Phi) is 3.87. The second-order valence-electron chi connectivity index (χ2n) is 4.21. The minimum absolute atomic E-state index is 0.00459. The van der Waals surface area contributed by atoms with Gasteiger partial charge in [-0.25, -0.2) is 8.42 Å². The molecular weight excluding hydrogens is 308 g/mol. The van der Waals surface area contributed by atoms with Crippen LogP contribution in [0, 0.1) is 0 Å². The third kappa shape index (κ3) is 2.70. The molecule has 2 atom stereocenters. The maximum Gasteiger partial charge on any atom is 0.234 e. The first-order valence-electron chi connectivity index (χ1n) is 5.73. The Bertz CT molecular complexity index is 485. The van der Waals surface area contributed by atoms with Gasteiger partial charge in [-0.05, 0) is 19.3 Å². The van der Waals surface area contributed by atoms with E-state index in [0.29, 0.717) is 12.3 Å². The fourth-order valence-electron chi connectivity index (χ4n) is 1.91. The van der Waals surface area contributed by atoms with Gasteiger partial charge in [-0.3, -0.25) is 0 Å². The van der Waals surface area contributed by atoms with Crippen molar-refractivity contribution >= 4 is 25.8 Å². The molecule has 1 saturated heterocycles. The van der Waals surface area contributed by atoms with Crippen molar-refractivity contribution in [1.82, 2.24) is 10.2 Å². The van der Waals surface area contributed by atoms with Gasteiger partial charge in [0.2, 0.25) is 11.8 Å². The Morgan fingerprint density at radius 3 is 2.88 bits per heavy atom. The minimum atomic E-state index is -3.11. The number of aromatic nitrogens is 2. The number of alkyl halides is 1. The molecule has 1 aromatic rings. The molecule has 7 heteroatoms. The Hall–Kier alpha value is -0.430. The van der Waals surface area contributed by atoms with Crippen LogP contribution >= 0.6 is 15.9 Å². The number of sulfone groups is 1. The molecular formula is C10H15BrN2O3S. The number of halogens is 1. The molecule has 0 aromatic carbocycles. The van der Waals surface area contributed by atoms with Gasteiger partial charge in [0.1, 0.15) is 5.25 Å². The van der Waals surface area contributed by atoms with E-state index in [1.807, 2.05) is 6.92 Å². The molecule has 0 amide bonds. The highest BCUT2D eigenvalue weighted by atomic mass is 79.9. The van der Waals surface area contributed by atoms with Crippen LogP contribution in [0.15, 0.2) is 4.42 Å². The standard InChI is InChI=1S/C10H15BrN2O3S/c1-2-7(11)9-12-13-10(16-9)8-5-3-4-6-17(8,14)15/h7-8H,2-6H2,1H3. The lowest BCUT2D eigenvalue weighted by Crippen LogP contribution is -2.21. The third-order valence-electron chi connectivity index (χ3n) is 2.94. The van der Waals surface area contributed by atoms with E-state index in [1.54, 1.807) is 0 Å². The lowest BCUT2D eigenvalue weighted by atomic mass is 10.2. The SMILES string of the molecule is CCC(Br)c1nnc(C2CCCCS2(=O)=O)o1. The Morgan fingerprint density at radius 1 is 1.47 bits per heavy atom. The first-order chi connectivity index (χ1) is 8.04. The van der Waals surface area contributed by atoms with Crippen molar-refractivity contribution in [3.63, 3.8) is 0 Å². The zero-order chi connectivity index (χ0) is 12.5. The molecule has 0 aliphatic carbocycles. The van der Waals surface area contributed by atoms with E-state index in [1.165, 1.54) is 0 Å². The van der Waals surface area contributed by atoms with E-state index in [0.717, 1.165) is 19.3 Å². The lowest BCUT2D eigenvalue weighted by Gasteiger charge is -2.18. The molecule has 17 heavy (non-hydrogen) atoms. The van der Waals surface area contributed by atoms with Gasteiger partial charge in [-0.15, -0.1) is 10.2 Å². The molecule has 2 unspecified atom stereocenters. The molecule has 0 spiro atoms. The monoisotopic (exact) mass is 322 g/mol. The molecule has 1 aromatic heterocycles. The summed E-state index contributed by atoms with van der Waals surface area (Å²) >= 11 is 3.41. The third-order valence-corrected chi connectivity index (χ3v) is 6.14. The highest BCUT2D eigenvalue weighted by Gasteiger charge is 2.34. The van der Waals surface area contributed by atoms with Gasteiger partial charge in [-0.2, -0.15) is 0 Å². The highest BCUT2D eigenvalue weighted by Crippen LogP contribution is 2.34. The fourth-order valence-corrected chi connectivity index (χ4v) is 3.91. The van der Waals surface area contributed by atoms with Crippen LogP contribution in [0.2, 0.25) is 0 Å². The molecule has 96 valence electrons. The van der Waals surface area contributed by atoms with E-state index in [4.69, 9.17) is 4.42 Å². The molecule has 2 rings (SSSR count). The Labute approximate surface area is 109 Å². The van der Waals surface area contributed by atoms with Crippen LogP contribution in [0.4, 0.5) is 0 Å². The Balaban J connectivity index is 2.25. The summed E-state index contributed by atoms with van der Waals surface area (Å²) in [6.45, 7) is 1.99. The van der Waals surface area contributed by atoms with Crippen LogP contribution in [-0.4, -0.2) is 24.4 Å². The average molecular weight is 323 g/mol. The van der Waals surface area contributed by atoms with Gasteiger partial charge in [0.25, 0.3) is 0 Å². The summed E-state index contributed by atoms with van der Waals surface area (Å²) in [5.74, 6) is 0.932. The van der Waals surface area contributed by atoms with Crippen LogP contribution in [0.25, 0.3) is 0 Å². The summed E-state index contributed by atoms with van der Waals surface area (Å²) in [6.07, 6.45) is 3.03. The molecule has 0 N–H and O–H groups in total. The topological polar surface area (TPSA) is 73.1 Å². The number of hydrogen-bond acceptors (Lipinski definition) is 5. The van der Waals surface area contributed by atoms with Gasteiger partial charge in [0.05, 0.1) is 10.6 Å². The predicted molar refractivity (Wildman–Crippen MR) is 66.6 cm³/mol. The molecule has 0 radical (unpaired) electrons. The van der Waals surface area contributed by atoms with Gasteiger partial charge >= 0.3 is 0 Å². The Morgan fingerprint density at radius 2 is 2.24 bits per heavy atom. The van der Waals surface area contributed by atoms with Gasteiger partial charge in [0, 0.05) is 0 Å². The van der Waals surface area contributed by atoms with E-state index >= 15 is 0 Å². The van der Waals surface area contributed by atoms with Crippen LogP contribution in [0.1, 0.15) is 54.5 Å². The number of rotatable bonds is 3. The summed E-state index contributed by atoms with van der Waals surface area (Å²) in [5.41, 5.74) is 0. The normalized spacial score (nSPS) is 25.6. The second-order valence-corrected chi connectivity index (χ2v) is 7.61. The van der Waals surface area contributed by atoms with E-state index in [2.05, 4.69) is 26.1 Å². The molecule has 0 saturated carbocycles. The second kappa shape index (κ2) is 5.06. The smallest absolute Gasteiger partial charge is 0.234 e. The number of hydrogen-bond donors (Lipinski definition) is 0. The minimum Gasteiger partial charge on any atom is -0.423 e. The maximum absolute atomic E-state index is 11.9. The molecule has 1 aliphatic rings. The van der Waals surface area contributed by atoms with Crippen molar-refractivity contribution in [3.05, 3.63) is 11.8 Å². The molecule has 0 bridgehead atoms. The first-order valence-corrected chi connectivity index (χ1v) is 8.36. The van der Waals surface area contributed by atoms with Gasteiger partial charge in [0.15, 0.2) is 9.84 Å². The average Bonchev–Trinajstić information content (AvgIpc) is 2.76. The fraction of sp³-hybridized carbons (Fsp3) is 0.800.